The standard InChI is InChI=1S/C23H28N4O2S/c1-2-18-8-3-4-10-21(18)30(28,29)26-14-6-7-17(15-26)16-27-22(19-11-12-19)25-20-9-5-13-24-23(20)27/h3-5,8-10,13,17,19H,2,6-7,11-12,14-16H2,1H3. The largest absolute Gasteiger partial charge is 0.312 e. The number of piperidine rings is 1. The number of aromatic nitrogens is 3. The molecule has 0 N–H and O–H groups in total. The molecule has 3 aromatic rings. The number of sulfonamides is 1. The minimum atomic E-state index is -3.48. The number of hydrogen-bond acceptors (Lipinski definition) is 4. The molecule has 0 spiro atoms. The summed E-state index contributed by atoms with van der Waals surface area (Å²) >= 11 is 0. The highest BCUT2D eigenvalue weighted by atomic mass is 32.2. The Morgan fingerprint density at radius 1 is 1.10 bits per heavy atom. The smallest absolute Gasteiger partial charge is 0.243 e. The molecular weight excluding hydrogens is 396 g/mol. The van der Waals surface area contributed by atoms with Gasteiger partial charge < -0.3 is 4.57 Å². The second-order valence-corrected chi connectivity index (χ2v) is 10.4. The highest BCUT2D eigenvalue weighted by Crippen LogP contribution is 2.41. The van der Waals surface area contributed by atoms with Crippen molar-refractivity contribution in [2.24, 2.45) is 5.92 Å². The number of benzene rings is 1. The van der Waals surface area contributed by atoms with E-state index in [1.807, 2.05) is 43.5 Å². The van der Waals surface area contributed by atoms with Gasteiger partial charge >= 0.3 is 0 Å². The summed E-state index contributed by atoms with van der Waals surface area (Å²) < 4.78 is 30.8. The van der Waals surface area contributed by atoms with Gasteiger partial charge in [-0.05, 0) is 61.8 Å². The van der Waals surface area contributed by atoms with Crippen LogP contribution in [0.5, 0.6) is 0 Å². The van der Waals surface area contributed by atoms with Crippen molar-refractivity contribution in [3.63, 3.8) is 0 Å². The van der Waals surface area contributed by atoms with E-state index in [2.05, 4.69) is 9.55 Å². The van der Waals surface area contributed by atoms with Gasteiger partial charge in [-0.1, -0.05) is 25.1 Å². The Morgan fingerprint density at radius 2 is 1.93 bits per heavy atom. The zero-order valence-corrected chi connectivity index (χ0v) is 18.2. The molecule has 2 aromatic heterocycles. The first-order valence-electron chi connectivity index (χ1n) is 11.0. The van der Waals surface area contributed by atoms with Gasteiger partial charge in [0, 0.05) is 31.7 Å². The predicted octanol–water partition coefficient (Wildman–Crippen LogP) is 3.97. The first-order valence-corrected chi connectivity index (χ1v) is 12.4. The summed E-state index contributed by atoms with van der Waals surface area (Å²) in [6, 6.07) is 11.3. The van der Waals surface area contributed by atoms with Crippen LogP contribution in [0.4, 0.5) is 0 Å². The highest BCUT2D eigenvalue weighted by molar-refractivity contribution is 7.89. The molecule has 5 rings (SSSR count). The Hall–Kier alpha value is -2.25. The van der Waals surface area contributed by atoms with Crippen LogP contribution in [0.15, 0.2) is 47.5 Å². The molecule has 30 heavy (non-hydrogen) atoms. The Bertz CT molecular complexity index is 1170. The van der Waals surface area contributed by atoms with E-state index < -0.39 is 10.0 Å². The first-order chi connectivity index (χ1) is 14.6. The molecule has 1 saturated carbocycles. The van der Waals surface area contributed by atoms with Crippen LogP contribution in [-0.4, -0.2) is 40.3 Å². The summed E-state index contributed by atoms with van der Waals surface area (Å²) in [5, 5.41) is 0. The fourth-order valence-electron chi connectivity index (χ4n) is 4.65. The molecule has 7 heteroatoms. The number of rotatable bonds is 6. The average molecular weight is 425 g/mol. The van der Waals surface area contributed by atoms with Crippen LogP contribution in [0.3, 0.4) is 0 Å². The fourth-order valence-corrected chi connectivity index (χ4v) is 6.50. The van der Waals surface area contributed by atoms with Crippen molar-refractivity contribution < 1.29 is 8.42 Å². The lowest BCUT2D eigenvalue weighted by atomic mass is 9.99. The van der Waals surface area contributed by atoms with Gasteiger partial charge in [0.1, 0.15) is 11.3 Å². The topological polar surface area (TPSA) is 68.1 Å². The van der Waals surface area contributed by atoms with E-state index in [0.29, 0.717) is 30.3 Å². The molecule has 1 aliphatic carbocycles. The molecule has 6 nitrogen and oxygen atoms in total. The summed E-state index contributed by atoms with van der Waals surface area (Å²) in [6.45, 7) is 3.93. The highest BCUT2D eigenvalue weighted by Gasteiger charge is 2.34. The molecule has 1 aromatic carbocycles. The molecule has 158 valence electrons. The summed E-state index contributed by atoms with van der Waals surface area (Å²) in [6.07, 6.45) is 6.81. The number of nitrogens with zero attached hydrogens (tertiary/aromatic N) is 4. The van der Waals surface area contributed by atoms with Gasteiger partial charge in [-0.3, -0.25) is 0 Å². The summed E-state index contributed by atoms with van der Waals surface area (Å²) in [4.78, 5) is 9.89. The number of fused-ring (bicyclic) bond motifs is 1. The third-order valence-corrected chi connectivity index (χ3v) is 8.34. The summed E-state index contributed by atoms with van der Waals surface area (Å²) in [7, 11) is -3.48. The average Bonchev–Trinajstić information content (AvgIpc) is 3.56. The Labute approximate surface area is 178 Å². The first kappa shape index (κ1) is 19.7. The van der Waals surface area contributed by atoms with Gasteiger partial charge in [0.05, 0.1) is 4.90 Å². The minimum absolute atomic E-state index is 0.263. The van der Waals surface area contributed by atoms with Crippen LogP contribution in [-0.2, 0) is 23.0 Å². The number of aryl methyl sites for hydroxylation is 1. The van der Waals surface area contributed by atoms with E-state index in [9.17, 15) is 8.42 Å². The van der Waals surface area contributed by atoms with Crippen molar-refractivity contribution in [2.45, 2.75) is 56.4 Å². The van der Waals surface area contributed by atoms with E-state index in [4.69, 9.17) is 4.98 Å². The van der Waals surface area contributed by atoms with Gasteiger partial charge in [0.2, 0.25) is 10.0 Å². The maximum absolute atomic E-state index is 13.4. The Balaban J connectivity index is 1.42. The molecule has 0 bridgehead atoms. The molecule has 1 unspecified atom stereocenters. The van der Waals surface area contributed by atoms with Crippen LogP contribution < -0.4 is 0 Å². The van der Waals surface area contributed by atoms with Crippen LogP contribution in [0.25, 0.3) is 11.2 Å². The zero-order valence-electron chi connectivity index (χ0n) is 17.4. The van der Waals surface area contributed by atoms with Crippen LogP contribution in [0.1, 0.15) is 49.9 Å². The minimum Gasteiger partial charge on any atom is -0.312 e. The molecule has 2 fully saturated rings. The van der Waals surface area contributed by atoms with Crippen molar-refractivity contribution in [3.8, 4) is 0 Å². The van der Waals surface area contributed by atoms with Gasteiger partial charge in [0.25, 0.3) is 0 Å². The summed E-state index contributed by atoms with van der Waals surface area (Å²) in [5.74, 6) is 1.92. The molecule has 2 aliphatic rings. The molecule has 0 amide bonds. The van der Waals surface area contributed by atoms with Gasteiger partial charge in [-0.25, -0.2) is 18.4 Å². The third-order valence-electron chi connectivity index (χ3n) is 6.37. The Kier molecular flexibility index (Phi) is 5.11. The van der Waals surface area contributed by atoms with Gasteiger partial charge in [-0.2, -0.15) is 4.31 Å². The maximum Gasteiger partial charge on any atom is 0.243 e. The SMILES string of the molecule is CCc1ccccc1S(=O)(=O)N1CCCC(Cn2c(C3CC3)nc3cccnc32)C1. The number of hydrogen-bond donors (Lipinski definition) is 0. The van der Waals surface area contributed by atoms with Crippen molar-refractivity contribution in [3.05, 3.63) is 54.0 Å². The summed E-state index contributed by atoms with van der Waals surface area (Å²) in [5.41, 5.74) is 2.76. The molecule has 0 radical (unpaired) electrons. The monoisotopic (exact) mass is 424 g/mol. The van der Waals surface area contributed by atoms with Crippen molar-refractivity contribution in [2.75, 3.05) is 13.1 Å². The van der Waals surface area contributed by atoms with E-state index >= 15 is 0 Å². The molecule has 1 atom stereocenters. The normalized spacial score (nSPS) is 20.6. The second kappa shape index (κ2) is 7.78. The maximum atomic E-state index is 13.4. The lowest BCUT2D eigenvalue weighted by Gasteiger charge is -2.33. The van der Waals surface area contributed by atoms with E-state index in [0.717, 1.165) is 41.9 Å². The molecule has 1 saturated heterocycles. The van der Waals surface area contributed by atoms with E-state index in [1.165, 1.54) is 12.8 Å². The molecular formula is C23H28N4O2S. The lowest BCUT2D eigenvalue weighted by Crippen LogP contribution is -2.41. The van der Waals surface area contributed by atoms with E-state index in [1.54, 1.807) is 10.4 Å². The Morgan fingerprint density at radius 3 is 2.73 bits per heavy atom. The lowest BCUT2D eigenvalue weighted by molar-refractivity contribution is 0.245. The van der Waals surface area contributed by atoms with E-state index in [-0.39, 0.29) is 5.92 Å². The zero-order chi connectivity index (χ0) is 20.7. The second-order valence-electron chi connectivity index (χ2n) is 8.53. The quantitative estimate of drug-likeness (QED) is 0.600. The van der Waals surface area contributed by atoms with Gasteiger partial charge in [-0.15, -0.1) is 0 Å². The van der Waals surface area contributed by atoms with Crippen LogP contribution in [0, 0.1) is 5.92 Å². The van der Waals surface area contributed by atoms with Crippen LogP contribution >= 0.6 is 0 Å². The van der Waals surface area contributed by atoms with Crippen molar-refractivity contribution in [1.29, 1.82) is 0 Å². The number of imidazole rings is 1. The van der Waals surface area contributed by atoms with Crippen molar-refractivity contribution in [1.82, 2.24) is 18.8 Å². The molecule has 1 aliphatic heterocycles. The van der Waals surface area contributed by atoms with Gasteiger partial charge in [0.15, 0.2) is 5.65 Å². The fraction of sp³-hybridized carbons (Fsp3) is 0.478. The number of pyridine rings is 1. The van der Waals surface area contributed by atoms with Crippen molar-refractivity contribution >= 4 is 21.2 Å². The third kappa shape index (κ3) is 3.54. The molecule has 3 heterocycles. The predicted molar refractivity (Wildman–Crippen MR) is 117 cm³/mol. The van der Waals surface area contributed by atoms with Crippen LogP contribution in [0.2, 0.25) is 0 Å².